The van der Waals surface area contributed by atoms with Crippen LogP contribution in [0, 0.1) is 0 Å². The standard InChI is InChI=1S/C38H24SSi/c1-3-13-25(14-4-1)40(26-15-5-2-6-16-26)34-22-12-10-20-30(34)36-28-18-8-7-17-27(28)35-31(38(36)40)23-24-33-37(35)29-19-9-11-21-32(29)39-33/h1-24H. The molecular weight excluding hydrogens is 517 g/mol. The molecule has 0 aliphatic carbocycles. The zero-order valence-corrected chi connectivity index (χ0v) is 23.6. The Morgan fingerprint density at radius 1 is 0.400 bits per heavy atom. The molecule has 7 aromatic carbocycles. The van der Waals surface area contributed by atoms with E-state index in [-0.39, 0.29) is 0 Å². The van der Waals surface area contributed by atoms with Gasteiger partial charge in [0.25, 0.3) is 0 Å². The van der Waals surface area contributed by atoms with Gasteiger partial charge in [0.2, 0.25) is 0 Å². The van der Waals surface area contributed by atoms with Crippen molar-refractivity contribution < 1.29 is 0 Å². The summed E-state index contributed by atoms with van der Waals surface area (Å²) in [6.45, 7) is 0. The Labute approximate surface area is 237 Å². The molecule has 0 amide bonds. The highest BCUT2D eigenvalue weighted by atomic mass is 32.1. The van der Waals surface area contributed by atoms with Crippen LogP contribution in [-0.2, 0) is 0 Å². The number of thiophene rings is 1. The number of hydrogen-bond acceptors (Lipinski definition) is 1. The van der Waals surface area contributed by atoms with Gasteiger partial charge in [-0.25, -0.2) is 0 Å². The summed E-state index contributed by atoms with van der Waals surface area (Å²) in [6, 6.07) is 54.8. The molecule has 1 aliphatic heterocycles. The maximum absolute atomic E-state index is 2.64. The van der Waals surface area contributed by atoms with Crippen LogP contribution in [0.4, 0.5) is 0 Å². The molecule has 8 aromatic rings. The first kappa shape index (κ1) is 22.3. The Morgan fingerprint density at radius 3 is 1.75 bits per heavy atom. The molecule has 0 bridgehead atoms. The molecule has 0 unspecified atom stereocenters. The molecule has 0 saturated heterocycles. The van der Waals surface area contributed by atoms with Crippen molar-refractivity contribution in [3.05, 3.63) is 146 Å². The minimum atomic E-state index is -2.64. The van der Waals surface area contributed by atoms with E-state index >= 15 is 0 Å². The fourth-order valence-electron chi connectivity index (χ4n) is 7.47. The van der Waals surface area contributed by atoms with Gasteiger partial charge in [-0.2, -0.15) is 0 Å². The van der Waals surface area contributed by atoms with Crippen molar-refractivity contribution in [2.45, 2.75) is 0 Å². The summed E-state index contributed by atoms with van der Waals surface area (Å²) in [5.41, 5.74) is 2.82. The van der Waals surface area contributed by atoms with Crippen LogP contribution < -0.4 is 20.7 Å². The van der Waals surface area contributed by atoms with Gasteiger partial charge in [-0.05, 0) is 65.6 Å². The molecule has 0 N–H and O–H groups in total. The van der Waals surface area contributed by atoms with Gasteiger partial charge < -0.3 is 0 Å². The fourth-order valence-corrected chi connectivity index (χ4v) is 14.0. The molecule has 0 radical (unpaired) electrons. The first-order chi connectivity index (χ1) is 19.9. The second-order valence-electron chi connectivity index (χ2n) is 10.8. The lowest BCUT2D eigenvalue weighted by molar-refractivity contribution is 1.70. The molecule has 0 atom stereocenters. The minimum absolute atomic E-state index is 1.35. The van der Waals surface area contributed by atoms with Crippen LogP contribution in [0.2, 0.25) is 0 Å². The van der Waals surface area contributed by atoms with Gasteiger partial charge in [-0.3, -0.25) is 0 Å². The van der Waals surface area contributed by atoms with Crippen molar-refractivity contribution in [1.82, 2.24) is 0 Å². The van der Waals surface area contributed by atoms with Crippen molar-refractivity contribution in [2.75, 3.05) is 0 Å². The van der Waals surface area contributed by atoms with Crippen LogP contribution in [0.1, 0.15) is 0 Å². The molecule has 0 saturated carbocycles. The van der Waals surface area contributed by atoms with Crippen molar-refractivity contribution in [2.24, 2.45) is 0 Å². The van der Waals surface area contributed by atoms with E-state index in [9.17, 15) is 0 Å². The second kappa shape index (κ2) is 8.25. The first-order valence-corrected chi connectivity index (χ1v) is 16.7. The van der Waals surface area contributed by atoms with Crippen LogP contribution in [-0.4, -0.2) is 8.07 Å². The minimum Gasteiger partial charge on any atom is -0.135 e. The van der Waals surface area contributed by atoms with Crippen LogP contribution in [0.15, 0.2) is 146 Å². The zero-order valence-electron chi connectivity index (χ0n) is 21.8. The third-order valence-corrected chi connectivity index (χ3v) is 15.0. The Balaban J connectivity index is 1.62. The van der Waals surface area contributed by atoms with Crippen molar-refractivity contribution in [3.8, 4) is 11.1 Å². The Kier molecular flexibility index (Phi) is 4.60. The average molecular weight is 541 g/mol. The summed E-state index contributed by atoms with van der Waals surface area (Å²) in [6.07, 6.45) is 0. The van der Waals surface area contributed by atoms with E-state index in [2.05, 4.69) is 146 Å². The monoisotopic (exact) mass is 540 g/mol. The van der Waals surface area contributed by atoms with E-state index in [1.807, 2.05) is 11.3 Å². The quantitative estimate of drug-likeness (QED) is 0.156. The second-order valence-corrected chi connectivity index (χ2v) is 15.6. The SMILES string of the molecule is c1ccc([Si]2(c3ccccc3)c3ccccc3-c3c2c2ccc4sc5ccccc5c4c2c2ccccc32)cc1. The van der Waals surface area contributed by atoms with Crippen molar-refractivity contribution in [1.29, 1.82) is 0 Å². The summed E-state index contributed by atoms with van der Waals surface area (Å²) >= 11 is 1.91. The van der Waals surface area contributed by atoms with Gasteiger partial charge >= 0.3 is 0 Å². The van der Waals surface area contributed by atoms with Crippen LogP contribution in [0.5, 0.6) is 0 Å². The van der Waals surface area contributed by atoms with E-state index in [4.69, 9.17) is 0 Å². The molecule has 9 rings (SSSR count). The Morgan fingerprint density at radius 2 is 1.00 bits per heavy atom. The van der Waals surface area contributed by atoms with Crippen LogP contribution >= 0.6 is 11.3 Å². The van der Waals surface area contributed by atoms with Crippen molar-refractivity contribution in [3.63, 3.8) is 0 Å². The summed E-state index contributed by atoms with van der Waals surface area (Å²) in [4.78, 5) is 0. The van der Waals surface area contributed by atoms with Gasteiger partial charge in [-0.1, -0.05) is 133 Å². The van der Waals surface area contributed by atoms with Gasteiger partial charge in [0.1, 0.15) is 0 Å². The van der Waals surface area contributed by atoms with Gasteiger partial charge in [0, 0.05) is 20.2 Å². The van der Waals surface area contributed by atoms with Gasteiger partial charge in [-0.15, -0.1) is 11.3 Å². The summed E-state index contributed by atoms with van der Waals surface area (Å²) in [7, 11) is -2.64. The smallest absolute Gasteiger partial charge is 0.135 e. The lowest BCUT2D eigenvalue weighted by Crippen LogP contribution is -2.73. The van der Waals surface area contributed by atoms with Crippen LogP contribution in [0.25, 0.3) is 52.8 Å². The average Bonchev–Trinajstić information content (AvgIpc) is 3.56. The predicted molar refractivity (Wildman–Crippen MR) is 177 cm³/mol. The molecule has 0 spiro atoms. The van der Waals surface area contributed by atoms with E-state index in [0.29, 0.717) is 0 Å². The molecule has 1 aromatic heterocycles. The summed E-state index contributed by atoms with van der Waals surface area (Å²) in [5.74, 6) is 0. The maximum Gasteiger partial charge on any atom is 0.181 e. The highest BCUT2D eigenvalue weighted by molar-refractivity contribution is 7.26. The van der Waals surface area contributed by atoms with Gasteiger partial charge in [0.15, 0.2) is 8.07 Å². The lowest BCUT2D eigenvalue weighted by Gasteiger charge is -2.32. The third-order valence-electron chi connectivity index (χ3n) is 8.92. The molecular formula is C38H24SSi. The lowest BCUT2D eigenvalue weighted by atomic mass is 9.91. The largest absolute Gasteiger partial charge is 0.181 e. The molecule has 186 valence electrons. The Bertz CT molecular complexity index is 2220. The van der Waals surface area contributed by atoms with Gasteiger partial charge in [0.05, 0.1) is 0 Å². The Hall–Kier alpha value is -4.50. The molecule has 40 heavy (non-hydrogen) atoms. The number of fused-ring (bicyclic) bond motifs is 12. The highest BCUT2D eigenvalue weighted by Crippen LogP contribution is 2.45. The topological polar surface area (TPSA) is 0 Å². The first-order valence-electron chi connectivity index (χ1n) is 13.9. The van der Waals surface area contributed by atoms with E-state index in [1.54, 1.807) is 0 Å². The number of hydrogen-bond donors (Lipinski definition) is 0. The number of benzene rings is 7. The number of rotatable bonds is 2. The summed E-state index contributed by atoms with van der Waals surface area (Å²) < 4.78 is 2.72. The van der Waals surface area contributed by atoms with Crippen molar-refractivity contribution >= 4 is 81.9 Å². The zero-order chi connectivity index (χ0) is 26.3. The van der Waals surface area contributed by atoms with E-state index < -0.39 is 8.07 Å². The summed E-state index contributed by atoms with van der Waals surface area (Å²) in [5, 5.41) is 14.2. The van der Waals surface area contributed by atoms with E-state index in [1.165, 1.54) is 73.6 Å². The molecule has 1 aliphatic rings. The molecule has 2 heteroatoms. The van der Waals surface area contributed by atoms with E-state index in [0.717, 1.165) is 0 Å². The van der Waals surface area contributed by atoms with Crippen LogP contribution in [0.3, 0.4) is 0 Å². The normalized spacial score (nSPS) is 13.7. The highest BCUT2D eigenvalue weighted by Gasteiger charge is 2.50. The predicted octanol–water partition coefficient (Wildman–Crippen LogP) is 7.72. The molecule has 0 fully saturated rings. The maximum atomic E-state index is 2.44. The third kappa shape index (κ3) is 2.75. The molecule has 0 nitrogen and oxygen atoms in total. The molecule has 2 heterocycles. The fraction of sp³-hybridized carbons (Fsp3) is 0.